The third kappa shape index (κ3) is 11.1. The van der Waals surface area contributed by atoms with Crippen LogP contribution >= 0.6 is 32.5 Å². The van der Waals surface area contributed by atoms with E-state index in [1.165, 1.54) is 0 Å². The topological polar surface area (TPSA) is 9.23 Å². The van der Waals surface area contributed by atoms with E-state index in [1.807, 2.05) is 0 Å². The lowest BCUT2D eigenvalue weighted by Gasteiger charge is -1.48. The molecule has 4 heteroatoms. The number of halogens is 2. The Bertz CT molecular complexity index is 6.00. The average Bonchev–Trinajstić information content (AvgIpc) is 0.918. The zero-order valence-corrected chi connectivity index (χ0v) is 5.84. The van der Waals surface area contributed by atoms with E-state index in [1.54, 1.807) is 0 Å². The SMILES string of the molecule is BrOBr.[Si]. The van der Waals surface area contributed by atoms with Gasteiger partial charge in [0.25, 0.3) is 0 Å². The fraction of sp³-hybridized carbons (Fsp3) is 0. The smallest absolute Gasteiger partial charge is 0.115 e. The lowest BCUT2D eigenvalue weighted by atomic mass is 16.0. The van der Waals surface area contributed by atoms with Crippen molar-refractivity contribution in [1.82, 2.24) is 0 Å². The van der Waals surface area contributed by atoms with E-state index in [2.05, 4.69) is 35.4 Å². The number of hydrogen-bond acceptors (Lipinski definition) is 1. The van der Waals surface area contributed by atoms with Crippen LogP contribution in [0.1, 0.15) is 0 Å². The van der Waals surface area contributed by atoms with Gasteiger partial charge in [0.05, 0.1) is 0 Å². The van der Waals surface area contributed by atoms with Crippen molar-refractivity contribution in [3.05, 3.63) is 0 Å². The largest absolute Gasteiger partial charge is 0.230 e. The molecule has 0 heterocycles. The first-order chi connectivity index (χ1) is 1.41. The van der Waals surface area contributed by atoms with E-state index in [4.69, 9.17) is 0 Å². The van der Waals surface area contributed by atoms with Gasteiger partial charge in [-0.1, -0.05) is 0 Å². The predicted octanol–water partition coefficient (Wildman–Crippen LogP) is 1.24. The molecular weight excluding hydrogens is 204 g/mol. The van der Waals surface area contributed by atoms with Crippen molar-refractivity contribution >= 4 is 43.5 Å². The number of hydrogen-bond donors (Lipinski definition) is 0. The van der Waals surface area contributed by atoms with Crippen molar-refractivity contribution in [1.29, 1.82) is 0 Å². The highest BCUT2D eigenvalue weighted by Gasteiger charge is 1.37. The standard InChI is InChI=1S/Br2O.Si/c1-3-2;. The van der Waals surface area contributed by atoms with Gasteiger partial charge in [0.1, 0.15) is 32.5 Å². The normalized spacial score (nSPS) is 4.50. The molecular formula is Br2OSi. The van der Waals surface area contributed by atoms with Crippen molar-refractivity contribution in [2.45, 2.75) is 0 Å². The maximum absolute atomic E-state index is 3.88. The maximum Gasteiger partial charge on any atom is 0.115 e. The van der Waals surface area contributed by atoms with Crippen molar-refractivity contribution in [3.63, 3.8) is 0 Å². The highest BCUT2D eigenvalue weighted by atomic mass is 79.9. The second kappa shape index (κ2) is 8.91. The first-order valence-electron chi connectivity index (χ1n) is 0.309. The molecule has 0 amide bonds. The molecule has 24 valence electrons. The van der Waals surface area contributed by atoms with Crippen molar-refractivity contribution < 1.29 is 2.92 Å². The molecule has 0 aliphatic carbocycles. The van der Waals surface area contributed by atoms with Crippen LogP contribution < -0.4 is 0 Å². The quantitative estimate of drug-likeness (QED) is 0.539. The van der Waals surface area contributed by atoms with Gasteiger partial charge >= 0.3 is 0 Å². The molecule has 0 atom stereocenters. The monoisotopic (exact) mass is 202 g/mol. The second-order valence-corrected chi connectivity index (χ2v) is 1.57. The molecule has 4 radical (unpaired) electrons. The zero-order valence-electron chi connectivity index (χ0n) is 1.66. The highest BCUT2D eigenvalue weighted by Crippen LogP contribution is 1.88. The lowest BCUT2D eigenvalue weighted by Crippen LogP contribution is -1.10. The summed E-state index contributed by atoms with van der Waals surface area (Å²) in [6.07, 6.45) is 0. The van der Waals surface area contributed by atoms with Crippen LogP contribution in [0.4, 0.5) is 0 Å². The predicted molar refractivity (Wildman–Crippen MR) is 24.7 cm³/mol. The van der Waals surface area contributed by atoms with E-state index in [-0.39, 0.29) is 11.0 Å². The van der Waals surface area contributed by atoms with Crippen LogP contribution in [0.3, 0.4) is 0 Å². The van der Waals surface area contributed by atoms with Gasteiger partial charge < -0.3 is 0 Å². The molecule has 0 aromatic heterocycles. The summed E-state index contributed by atoms with van der Waals surface area (Å²) >= 11 is 5.12. The Morgan fingerprint density at radius 2 is 1.25 bits per heavy atom. The molecule has 0 aliphatic heterocycles. The molecule has 4 heavy (non-hydrogen) atoms. The molecule has 0 spiro atoms. The Morgan fingerprint density at radius 3 is 1.25 bits per heavy atom. The fourth-order valence-electron chi connectivity index (χ4n) is 0. The van der Waals surface area contributed by atoms with Crippen LogP contribution in [-0.2, 0) is 2.92 Å². The van der Waals surface area contributed by atoms with Gasteiger partial charge in [0, 0.05) is 11.0 Å². The molecule has 1 nitrogen and oxygen atoms in total. The Morgan fingerprint density at radius 1 is 1.25 bits per heavy atom. The van der Waals surface area contributed by atoms with Crippen LogP contribution in [0.25, 0.3) is 0 Å². The van der Waals surface area contributed by atoms with Gasteiger partial charge in [-0.3, -0.25) is 0 Å². The van der Waals surface area contributed by atoms with Crippen LogP contribution in [0.15, 0.2) is 0 Å². The summed E-state index contributed by atoms with van der Waals surface area (Å²) in [6.45, 7) is 0. The molecule has 0 aromatic rings. The van der Waals surface area contributed by atoms with Gasteiger partial charge in [-0.2, -0.15) is 0 Å². The van der Waals surface area contributed by atoms with E-state index in [0.29, 0.717) is 0 Å². The fourth-order valence-corrected chi connectivity index (χ4v) is 0. The summed E-state index contributed by atoms with van der Waals surface area (Å²) in [5, 5.41) is 0. The van der Waals surface area contributed by atoms with Crippen molar-refractivity contribution in [2.75, 3.05) is 0 Å². The first-order valence-corrected chi connectivity index (χ1v) is 1.60. The van der Waals surface area contributed by atoms with Crippen LogP contribution in [-0.4, -0.2) is 11.0 Å². The number of rotatable bonds is 0. The Labute approximate surface area is 46.6 Å². The van der Waals surface area contributed by atoms with Crippen LogP contribution in [0, 0.1) is 0 Å². The summed E-state index contributed by atoms with van der Waals surface area (Å²) in [6, 6.07) is 0. The minimum Gasteiger partial charge on any atom is -0.230 e. The van der Waals surface area contributed by atoms with Gasteiger partial charge in [-0.25, -0.2) is 2.92 Å². The van der Waals surface area contributed by atoms with Gasteiger partial charge in [-0.15, -0.1) is 0 Å². The summed E-state index contributed by atoms with van der Waals surface area (Å²) in [5.41, 5.74) is 0. The Kier molecular flexibility index (Phi) is 19.9. The molecule has 0 unspecified atom stereocenters. The van der Waals surface area contributed by atoms with Crippen molar-refractivity contribution in [2.24, 2.45) is 0 Å². The van der Waals surface area contributed by atoms with Crippen molar-refractivity contribution in [3.8, 4) is 0 Å². The minimum atomic E-state index is 0. The molecule has 0 rings (SSSR count). The summed E-state index contributed by atoms with van der Waals surface area (Å²) in [5.74, 6) is 0. The van der Waals surface area contributed by atoms with Crippen LogP contribution in [0.5, 0.6) is 0 Å². The summed E-state index contributed by atoms with van der Waals surface area (Å²) in [4.78, 5) is 0. The van der Waals surface area contributed by atoms with Gasteiger partial charge in [0.2, 0.25) is 0 Å². The Hall–Kier alpha value is 1.14. The molecule has 0 aliphatic rings. The van der Waals surface area contributed by atoms with E-state index in [9.17, 15) is 0 Å². The zero-order chi connectivity index (χ0) is 2.71. The minimum absolute atomic E-state index is 0. The molecule has 0 saturated carbocycles. The van der Waals surface area contributed by atoms with E-state index < -0.39 is 0 Å². The summed E-state index contributed by atoms with van der Waals surface area (Å²) in [7, 11) is 0. The third-order valence-electron chi connectivity index (χ3n) is 0. The second-order valence-electron chi connectivity index (χ2n) is 0.0583. The van der Waals surface area contributed by atoms with Gasteiger partial charge in [-0.05, 0) is 0 Å². The van der Waals surface area contributed by atoms with Crippen LogP contribution in [0.2, 0.25) is 0 Å². The molecule has 0 saturated heterocycles. The third-order valence-corrected chi connectivity index (χ3v) is 0. The molecule has 0 fully saturated rings. The average molecular weight is 204 g/mol. The molecule has 0 aromatic carbocycles. The lowest BCUT2D eigenvalue weighted by molar-refractivity contribution is 0.838. The molecule has 0 bridgehead atoms. The molecule has 0 N–H and O–H groups in total. The van der Waals surface area contributed by atoms with E-state index in [0.717, 1.165) is 0 Å². The highest BCUT2D eigenvalue weighted by molar-refractivity contribution is 9.18. The summed E-state index contributed by atoms with van der Waals surface area (Å²) < 4.78 is 3.88. The first kappa shape index (κ1) is 8.93. The van der Waals surface area contributed by atoms with E-state index >= 15 is 0 Å². The maximum atomic E-state index is 3.88. The van der Waals surface area contributed by atoms with Gasteiger partial charge in [0.15, 0.2) is 0 Å². The Balaban J connectivity index is 0.